The second kappa shape index (κ2) is 6.36. The van der Waals surface area contributed by atoms with Gasteiger partial charge in [0, 0.05) is 17.8 Å². The molecule has 1 aliphatic rings. The summed E-state index contributed by atoms with van der Waals surface area (Å²) in [6.45, 7) is 1.67. The molecule has 2 N–H and O–H groups in total. The van der Waals surface area contributed by atoms with Gasteiger partial charge >= 0.3 is 0 Å². The van der Waals surface area contributed by atoms with Gasteiger partial charge in [-0.2, -0.15) is 0 Å². The van der Waals surface area contributed by atoms with Crippen LogP contribution in [0.3, 0.4) is 0 Å². The van der Waals surface area contributed by atoms with Crippen LogP contribution in [-0.4, -0.2) is 22.9 Å². The van der Waals surface area contributed by atoms with Gasteiger partial charge in [0.1, 0.15) is 11.3 Å². The summed E-state index contributed by atoms with van der Waals surface area (Å²) in [6, 6.07) is 12.4. The van der Waals surface area contributed by atoms with E-state index < -0.39 is 6.10 Å². The van der Waals surface area contributed by atoms with Crippen molar-refractivity contribution in [1.82, 2.24) is 4.98 Å². The van der Waals surface area contributed by atoms with Crippen LogP contribution in [0.1, 0.15) is 12.8 Å². The number of carbonyl (C=O) groups is 2. The minimum absolute atomic E-state index is 0.225. The first-order valence-corrected chi connectivity index (χ1v) is 8.05. The predicted molar refractivity (Wildman–Crippen MR) is 96.8 cm³/mol. The number of rotatable bonds is 3. The fraction of sp³-hybridized carbons (Fsp3) is 0.105. The number of fused-ring (bicyclic) bond motifs is 2. The predicted octanol–water partition coefficient (Wildman–Crippen LogP) is 3.20. The summed E-state index contributed by atoms with van der Waals surface area (Å²) in [5.74, 6) is 0.346. The van der Waals surface area contributed by atoms with Crippen LogP contribution < -0.4 is 15.4 Å². The van der Waals surface area contributed by atoms with E-state index in [2.05, 4.69) is 15.6 Å². The number of hydrogen-bond donors (Lipinski definition) is 2. The van der Waals surface area contributed by atoms with Crippen molar-refractivity contribution >= 4 is 40.4 Å². The number of amides is 2. The largest absolute Gasteiger partial charge is 0.479 e. The Hall–Kier alpha value is -3.61. The Balaban J connectivity index is 1.46. The van der Waals surface area contributed by atoms with Crippen LogP contribution in [-0.2, 0) is 9.59 Å². The number of oxazole rings is 1. The average molecular weight is 349 g/mol. The quantitative estimate of drug-likeness (QED) is 0.708. The zero-order valence-corrected chi connectivity index (χ0v) is 13.9. The highest BCUT2D eigenvalue weighted by atomic mass is 16.5. The van der Waals surface area contributed by atoms with Crippen LogP contribution in [0.15, 0.2) is 53.0 Å². The minimum Gasteiger partial charge on any atom is -0.479 e. The van der Waals surface area contributed by atoms with Crippen molar-refractivity contribution in [3.05, 3.63) is 54.4 Å². The zero-order chi connectivity index (χ0) is 18.1. The molecule has 0 spiro atoms. The normalized spacial score (nSPS) is 16.2. The number of nitrogens with zero attached hydrogens (tertiary/aromatic N) is 1. The SMILES string of the molecule is CC1Oc2ccc(NC(=O)/C=C/c3nc4ccccc4o3)cc2NC1=O. The van der Waals surface area contributed by atoms with Gasteiger partial charge in [0.2, 0.25) is 11.8 Å². The van der Waals surface area contributed by atoms with Gasteiger partial charge in [-0.05, 0) is 37.3 Å². The molecule has 0 saturated carbocycles. The minimum atomic E-state index is -0.540. The van der Waals surface area contributed by atoms with E-state index in [1.54, 1.807) is 25.1 Å². The first kappa shape index (κ1) is 15.9. The zero-order valence-electron chi connectivity index (χ0n) is 13.9. The molecule has 4 rings (SSSR count). The lowest BCUT2D eigenvalue weighted by molar-refractivity contribution is -0.122. The van der Waals surface area contributed by atoms with E-state index in [0.717, 1.165) is 5.52 Å². The first-order valence-electron chi connectivity index (χ1n) is 8.05. The Morgan fingerprint density at radius 3 is 2.96 bits per heavy atom. The number of carbonyl (C=O) groups excluding carboxylic acids is 2. The molecule has 2 aromatic carbocycles. The summed E-state index contributed by atoms with van der Waals surface area (Å²) in [4.78, 5) is 28.0. The van der Waals surface area contributed by atoms with Crippen LogP contribution in [0.2, 0.25) is 0 Å². The van der Waals surface area contributed by atoms with Gasteiger partial charge in [0.15, 0.2) is 11.7 Å². The van der Waals surface area contributed by atoms with Gasteiger partial charge in [-0.3, -0.25) is 9.59 Å². The molecule has 0 bridgehead atoms. The van der Waals surface area contributed by atoms with Gasteiger partial charge < -0.3 is 19.8 Å². The number of benzene rings is 2. The van der Waals surface area contributed by atoms with Crippen molar-refractivity contribution in [3.8, 4) is 5.75 Å². The third kappa shape index (κ3) is 3.14. The number of anilines is 2. The lowest BCUT2D eigenvalue weighted by Crippen LogP contribution is -2.34. The second-order valence-corrected chi connectivity index (χ2v) is 5.80. The Labute approximate surface area is 148 Å². The molecule has 0 fully saturated rings. The Kier molecular flexibility index (Phi) is 3.89. The lowest BCUT2D eigenvalue weighted by atomic mass is 10.2. The summed E-state index contributed by atoms with van der Waals surface area (Å²) in [5.41, 5.74) is 2.45. The molecule has 2 amide bonds. The Morgan fingerprint density at radius 1 is 1.27 bits per heavy atom. The van der Waals surface area contributed by atoms with Gasteiger partial charge in [0.05, 0.1) is 5.69 Å². The maximum Gasteiger partial charge on any atom is 0.265 e. The molecule has 3 aromatic rings. The Bertz CT molecular complexity index is 1010. The van der Waals surface area contributed by atoms with Gasteiger partial charge in [0.25, 0.3) is 5.91 Å². The Morgan fingerprint density at radius 2 is 2.12 bits per heavy atom. The van der Waals surface area contributed by atoms with E-state index in [1.165, 1.54) is 12.2 Å². The van der Waals surface area contributed by atoms with Crippen molar-refractivity contribution in [2.24, 2.45) is 0 Å². The fourth-order valence-corrected chi connectivity index (χ4v) is 2.58. The molecule has 1 aliphatic heterocycles. The standard InChI is InChI=1S/C19H15N3O4/c1-11-19(24)22-14-10-12(6-7-16(14)25-11)20-17(23)8-9-18-21-13-4-2-3-5-15(13)26-18/h2-11H,1H3,(H,20,23)(H,22,24)/b9-8+. The van der Waals surface area contributed by atoms with Crippen LogP contribution in [0.4, 0.5) is 11.4 Å². The number of ether oxygens (including phenoxy) is 1. The van der Waals surface area contributed by atoms with Gasteiger partial charge in [-0.1, -0.05) is 12.1 Å². The number of aromatic nitrogens is 1. The molecule has 0 radical (unpaired) electrons. The lowest BCUT2D eigenvalue weighted by Gasteiger charge is -2.23. The molecule has 1 atom stereocenters. The molecule has 0 aliphatic carbocycles. The molecule has 7 nitrogen and oxygen atoms in total. The van der Waals surface area contributed by atoms with E-state index in [-0.39, 0.29) is 11.8 Å². The smallest absolute Gasteiger partial charge is 0.265 e. The second-order valence-electron chi connectivity index (χ2n) is 5.80. The van der Waals surface area contributed by atoms with Crippen molar-refractivity contribution < 1.29 is 18.7 Å². The molecule has 7 heteroatoms. The van der Waals surface area contributed by atoms with E-state index in [9.17, 15) is 9.59 Å². The van der Waals surface area contributed by atoms with Crippen molar-refractivity contribution in [2.45, 2.75) is 13.0 Å². The summed E-state index contributed by atoms with van der Waals surface area (Å²) in [6.07, 6.45) is 2.30. The molecule has 0 saturated heterocycles. The van der Waals surface area contributed by atoms with Crippen LogP contribution >= 0.6 is 0 Å². The third-order valence-corrected chi connectivity index (χ3v) is 3.87. The number of nitrogens with one attached hydrogen (secondary N) is 2. The maximum atomic E-state index is 12.1. The van der Waals surface area contributed by atoms with Crippen LogP contribution in [0.5, 0.6) is 5.75 Å². The molecule has 2 heterocycles. The highest BCUT2D eigenvalue weighted by molar-refractivity contribution is 6.03. The molecular weight excluding hydrogens is 334 g/mol. The monoisotopic (exact) mass is 349 g/mol. The van der Waals surface area contributed by atoms with E-state index in [0.29, 0.717) is 28.6 Å². The van der Waals surface area contributed by atoms with E-state index in [4.69, 9.17) is 9.15 Å². The third-order valence-electron chi connectivity index (χ3n) is 3.87. The van der Waals surface area contributed by atoms with Crippen molar-refractivity contribution in [3.63, 3.8) is 0 Å². The summed E-state index contributed by atoms with van der Waals surface area (Å²) < 4.78 is 11.0. The number of hydrogen-bond acceptors (Lipinski definition) is 5. The molecule has 1 unspecified atom stereocenters. The highest BCUT2D eigenvalue weighted by Gasteiger charge is 2.23. The number of para-hydroxylation sites is 2. The van der Waals surface area contributed by atoms with Gasteiger partial charge in [-0.15, -0.1) is 0 Å². The molecule has 1 aromatic heterocycles. The van der Waals surface area contributed by atoms with E-state index in [1.807, 2.05) is 24.3 Å². The van der Waals surface area contributed by atoms with E-state index >= 15 is 0 Å². The molecular formula is C19H15N3O4. The first-order chi connectivity index (χ1) is 12.6. The van der Waals surface area contributed by atoms with Gasteiger partial charge in [-0.25, -0.2) is 4.98 Å². The van der Waals surface area contributed by atoms with Crippen molar-refractivity contribution in [1.29, 1.82) is 0 Å². The molecule has 26 heavy (non-hydrogen) atoms. The summed E-state index contributed by atoms with van der Waals surface area (Å²) in [7, 11) is 0. The fourth-order valence-electron chi connectivity index (χ4n) is 2.58. The van der Waals surface area contributed by atoms with Crippen LogP contribution in [0, 0.1) is 0 Å². The van der Waals surface area contributed by atoms with Crippen LogP contribution in [0.25, 0.3) is 17.2 Å². The highest BCUT2D eigenvalue weighted by Crippen LogP contribution is 2.32. The summed E-state index contributed by atoms with van der Waals surface area (Å²) >= 11 is 0. The van der Waals surface area contributed by atoms with Crippen molar-refractivity contribution in [2.75, 3.05) is 10.6 Å². The summed E-state index contributed by atoms with van der Waals surface area (Å²) in [5, 5.41) is 5.46. The average Bonchev–Trinajstić information content (AvgIpc) is 3.04. The topological polar surface area (TPSA) is 93.5 Å². The maximum absolute atomic E-state index is 12.1. The molecule has 130 valence electrons.